The van der Waals surface area contributed by atoms with E-state index in [9.17, 15) is 22.0 Å². The van der Waals surface area contributed by atoms with Gasteiger partial charge >= 0.3 is 5.97 Å². The van der Waals surface area contributed by atoms with Crippen molar-refractivity contribution in [2.24, 2.45) is 5.92 Å². The minimum absolute atomic E-state index is 0.0543. The molecule has 0 N–H and O–H groups in total. The summed E-state index contributed by atoms with van der Waals surface area (Å²) in [4.78, 5) is 11.9. The molecule has 1 aliphatic rings. The first-order chi connectivity index (χ1) is 14.3. The maximum absolute atomic E-state index is 13.4. The van der Waals surface area contributed by atoms with Gasteiger partial charge in [-0.2, -0.15) is 4.31 Å². The first kappa shape index (κ1) is 22.5. The molecule has 3 rings (SSSR count). The van der Waals surface area contributed by atoms with Crippen LogP contribution in [0.4, 0.5) is 8.78 Å². The quantitative estimate of drug-likeness (QED) is 0.467. The molecule has 0 bridgehead atoms. The van der Waals surface area contributed by atoms with Crippen molar-refractivity contribution in [2.75, 3.05) is 26.3 Å². The van der Waals surface area contributed by atoms with Crippen molar-refractivity contribution in [3.05, 3.63) is 59.1 Å². The summed E-state index contributed by atoms with van der Waals surface area (Å²) in [5, 5.41) is 0.537. The van der Waals surface area contributed by atoms with E-state index in [0.29, 0.717) is 16.8 Å². The molecular weight excluding hydrogens is 440 g/mol. The van der Waals surface area contributed by atoms with Gasteiger partial charge in [0.05, 0.1) is 10.8 Å². The summed E-state index contributed by atoms with van der Waals surface area (Å²) >= 11 is 5.86. The number of sulfonamides is 1. The molecule has 0 saturated carbocycles. The van der Waals surface area contributed by atoms with Gasteiger partial charge in [0.25, 0.3) is 0 Å². The SMILES string of the molecule is O=C(OCCOc1cccc(Cl)c1)C1CCN(S(=O)(=O)c2ccc(F)c(F)c2)CC1. The van der Waals surface area contributed by atoms with Crippen molar-refractivity contribution in [1.82, 2.24) is 4.31 Å². The number of hydrogen-bond donors (Lipinski definition) is 0. The van der Waals surface area contributed by atoms with Crippen LogP contribution < -0.4 is 4.74 Å². The average Bonchev–Trinajstić information content (AvgIpc) is 2.73. The van der Waals surface area contributed by atoms with Crippen LogP contribution >= 0.6 is 11.6 Å². The lowest BCUT2D eigenvalue weighted by atomic mass is 9.98. The maximum atomic E-state index is 13.4. The van der Waals surface area contributed by atoms with E-state index in [4.69, 9.17) is 21.1 Å². The lowest BCUT2D eigenvalue weighted by Gasteiger charge is -2.30. The third-order valence-electron chi connectivity index (χ3n) is 4.71. The molecule has 0 unspecified atom stereocenters. The lowest BCUT2D eigenvalue weighted by Crippen LogP contribution is -2.40. The number of carbonyl (C=O) groups is 1. The van der Waals surface area contributed by atoms with Crippen LogP contribution in [-0.2, 0) is 19.6 Å². The molecule has 1 fully saturated rings. The largest absolute Gasteiger partial charge is 0.490 e. The third kappa shape index (κ3) is 5.47. The van der Waals surface area contributed by atoms with E-state index in [0.717, 1.165) is 16.4 Å². The van der Waals surface area contributed by atoms with Crippen LogP contribution in [0.3, 0.4) is 0 Å². The molecule has 2 aromatic rings. The number of ether oxygens (including phenoxy) is 2. The van der Waals surface area contributed by atoms with Gasteiger partial charge in [0.15, 0.2) is 11.6 Å². The Morgan fingerprint density at radius 2 is 1.80 bits per heavy atom. The van der Waals surface area contributed by atoms with E-state index in [-0.39, 0.29) is 44.0 Å². The van der Waals surface area contributed by atoms with Gasteiger partial charge in [-0.15, -0.1) is 0 Å². The van der Waals surface area contributed by atoms with E-state index in [1.165, 1.54) is 0 Å². The molecule has 1 heterocycles. The number of esters is 1. The number of hydrogen-bond acceptors (Lipinski definition) is 5. The minimum Gasteiger partial charge on any atom is -0.490 e. The van der Waals surface area contributed by atoms with E-state index in [1.54, 1.807) is 24.3 Å². The van der Waals surface area contributed by atoms with Crippen LogP contribution in [0, 0.1) is 17.6 Å². The second kappa shape index (κ2) is 9.72. The highest BCUT2D eigenvalue weighted by Gasteiger charge is 2.33. The van der Waals surface area contributed by atoms with Gasteiger partial charge in [-0.3, -0.25) is 4.79 Å². The number of rotatable bonds is 7. The summed E-state index contributed by atoms with van der Waals surface area (Å²) < 4.78 is 63.4. The Kier molecular flexibility index (Phi) is 7.27. The Morgan fingerprint density at radius 1 is 1.07 bits per heavy atom. The molecule has 0 aliphatic carbocycles. The Morgan fingerprint density at radius 3 is 2.47 bits per heavy atom. The Bertz CT molecular complexity index is 1010. The van der Waals surface area contributed by atoms with Crippen molar-refractivity contribution < 1.29 is 31.5 Å². The molecule has 2 aromatic carbocycles. The summed E-state index contributed by atoms with van der Waals surface area (Å²) in [7, 11) is -3.96. The molecule has 162 valence electrons. The molecule has 0 radical (unpaired) electrons. The zero-order valence-corrected chi connectivity index (χ0v) is 17.5. The zero-order valence-electron chi connectivity index (χ0n) is 15.9. The van der Waals surface area contributed by atoms with Gasteiger partial charge in [-0.1, -0.05) is 17.7 Å². The van der Waals surface area contributed by atoms with Crippen molar-refractivity contribution in [2.45, 2.75) is 17.7 Å². The van der Waals surface area contributed by atoms with Gasteiger partial charge in [0.1, 0.15) is 19.0 Å². The molecule has 6 nitrogen and oxygen atoms in total. The molecular formula is C20H20ClF2NO5S. The van der Waals surface area contributed by atoms with E-state index in [1.807, 2.05) is 0 Å². The first-order valence-corrected chi connectivity index (χ1v) is 11.1. The number of piperidine rings is 1. The van der Waals surface area contributed by atoms with Crippen molar-refractivity contribution in [3.8, 4) is 5.75 Å². The summed E-state index contributed by atoms with van der Waals surface area (Å²) in [6, 6.07) is 9.29. The second-order valence-electron chi connectivity index (χ2n) is 6.73. The lowest BCUT2D eigenvalue weighted by molar-refractivity contribution is -0.150. The number of benzene rings is 2. The van der Waals surface area contributed by atoms with Gasteiger partial charge in [-0.25, -0.2) is 17.2 Å². The summed E-state index contributed by atoms with van der Waals surface area (Å²) in [5.41, 5.74) is 0. The highest BCUT2D eigenvalue weighted by atomic mass is 35.5. The minimum atomic E-state index is -3.96. The fraction of sp³-hybridized carbons (Fsp3) is 0.350. The molecule has 1 aliphatic heterocycles. The maximum Gasteiger partial charge on any atom is 0.309 e. The van der Waals surface area contributed by atoms with Gasteiger partial charge < -0.3 is 9.47 Å². The Balaban J connectivity index is 1.46. The standard InChI is InChI=1S/C20H20ClF2NO5S/c21-15-2-1-3-16(12-15)28-10-11-29-20(25)14-6-8-24(9-7-14)30(26,27)17-4-5-18(22)19(23)13-17/h1-5,12-14H,6-11H2. The van der Waals surface area contributed by atoms with Crippen LogP contribution in [0.25, 0.3) is 0 Å². The van der Waals surface area contributed by atoms with Crippen LogP contribution in [0.2, 0.25) is 5.02 Å². The number of nitrogens with zero attached hydrogens (tertiary/aromatic N) is 1. The predicted octanol–water partition coefficient (Wildman–Crippen LogP) is 3.64. The molecule has 0 amide bonds. The van der Waals surface area contributed by atoms with Crippen molar-refractivity contribution in [3.63, 3.8) is 0 Å². The highest BCUT2D eigenvalue weighted by Crippen LogP contribution is 2.25. The van der Waals surface area contributed by atoms with Crippen molar-refractivity contribution in [1.29, 1.82) is 0 Å². The molecule has 0 aromatic heterocycles. The fourth-order valence-electron chi connectivity index (χ4n) is 3.09. The van der Waals surface area contributed by atoms with Crippen LogP contribution in [-0.4, -0.2) is 45.0 Å². The monoisotopic (exact) mass is 459 g/mol. The highest BCUT2D eigenvalue weighted by molar-refractivity contribution is 7.89. The Labute approximate surface area is 178 Å². The molecule has 10 heteroatoms. The van der Waals surface area contributed by atoms with Crippen LogP contribution in [0.1, 0.15) is 12.8 Å². The molecule has 30 heavy (non-hydrogen) atoms. The number of halogens is 3. The third-order valence-corrected chi connectivity index (χ3v) is 6.84. The summed E-state index contributed by atoms with van der Waals surface area (Å²) in [6.45, 7) is 0.383. The zero-order chi connectivity index (χ0) is 21.7. The summed E-state index contributed by atoms with van der Waals surface area (Å²) in [6.07, 6.45) is 0.549. The molecule has 0 atom stereocenters. The normalized spacial score (nSPS) is 15.7. The van der Waals surface area contributed by atoms with Gasteiger partial charge in [-0.05, 0) is 49.2 Å². The molecule has 0 spiro atoms. The summed E-state index contributed by atoms with van der Waals surface area (Å²) in [5.74, 6) is -2.64. The van der Waals surface area contributed by atoms with Crippen LogP contribution in [0.5, 0.6) is 5.75 Å². The van der Waals surface area contributed by atoms with E-state index < -0.39 is 33.5 Å². The fourth-order valence-corrected chi connectivity index (χ4v) is 4.76. The Hall–Kier alpha value is -2.23. The second-order valence-corrected chi connectivity index (χ2v) is 9.10. The number of carbonyl (C=O) groups excluding carboxylic acids is 1. The topological polar surface area (TPSA) is 72.9 Å². The van der Waals surface area contributed by atoms with Crippen molar-refractivity contribution >= 4 is 27.6 Å². The van der Waals surface area contributed by atoms with E-state index in [2.05, 4.69) is 0 Å². The molecule has 1 saturated heterocycles. The first-order valence-electron chi connectivity index (χ1n) is 9.27. The average molecular weight is 460 g/mol. The van der Waals surface area contributed by atoms with Gasteiger partial charge in [0.2, 0.25) is 10.0 Å². The van der Waals surface area contributed by atoms with E-state index >= 15 is 0 Å². The van der Waals surface area contributed by atoms with Crippen LogP contribution in [0.15, 0.2) is 47.4 Å². The van der Waals surface area contributed by atoms with Gasteiger partial charge in [0, 0.05) is 18.1 Å². The predicted molar refractivity (Wildman–Crippen MR) is 106 cm³/mol. The smallest absolute Gasteiger partial charge is 0.309 e.